The fourth-order valence-electron chi connectivity index (χ4n) is 3.08. The fourth-order valence-corrected chi connectivity index (χ4v) is 3.59. The predicted molar refractivity (Wildman–Crippen MR) is 93.6 cm³/mol. The summed E-state index contributed by atoms with van der Waals surface area (Å²) in [6.07, 6.45) is -2.34. The molecule has 3 atom stereocenters. The lowest BCUT2D eigenvalue weighted by Crippen LogP contribution is -2.62. The third kappa shape index (κ3) is 5.45. The molecule has 29 heavy (non-hydrogen) atoms. The minimum atomic E-state index is -5.91. The first-order chi connectivity index (χ1) is 13.0. The molecule has 0 aromatic carbocycles. The van der Waals surface area contributed by atoms with Crippen LogP contribution in [0.25, 0.3) is 0 Å². The van der Waals surface area contributed by atoms with Crippen LogP contribution in [0.5, 0.6) is 0 Å². The van der Waals surface area contributed by atoms with Crippen molar-refractivity contribution in [3.05, 3.63) is 11.5 Å². The molecule has 0 radical (unpaired) electrons. The number of likely N-dealkylation sites (N-methyl/N-ethyl adjacent to an activating group) is 1. The average Bonchev–Trinajstić information content (AvgIpc) is 2.49. The molecule has 13 heteroatoms. The van der Waals surface area contributed by atoms with Gasteiger partial charge in [-0.05, 0) is 34.7 Å². The second-order valence-electron chi connectivity index (χ2n) is 7.91. The predicted octanol–water partition coefficient (Wildman–Crippen LogP) is 1.74. The van der Waals surface area contributed by atoms with Crippen molar-refractivity contribution < 1.29 is 45.1 Å². The van der Waals surface area contributed by atoms with Crippen LogP contribution in [0.3, 0.4) is 0 Å². The van der Waals surface area contributed by atoms with E-state index in [4.69, 9.17) is 9.47 Å². The van der Waals surface area contributed by atoms with Crippen molar-refractivity contribution in [2.45, 2.75) is 63.6 Å². The molecule has 2 bridgehead atoms. The zero-order valence-electron chi connectivity index (χ0n) is 16.7. The number of fused-ring (bicyclic) bond motifs is 2. The third-order valence-corrected chi connectivity index (χ3v) is 5.32. The van der Waals surface area contributed by atoms with Crippen molar-refractivity contribution in [2.75, 3.05) is 20.1 Å². The second-order valence-corrected chi connectivity index (χ2v) is 9.45. The number of carbonyl (C=O) groups is 1. The Kier molecular flexibility index (Phi) is 6.36. The normalized spacial score (nSPS) is 24.9. The molecule has 1 fully saturated rings. The summed E-state index contributed by atoms with van der Waals surface area (Å²) < 4.78 is 76.1. The highest BCUT2D eigenvalue weighted by Gasteiger charge is 2.51. The Hall–Kier alpha value is -1.73. The van der Waals surface area contributed by atoms with Gasteiger partial charge in [-0.15, -0.1) is 0 Å². The van der Waals surface area contributed by atoms with Gasteiger partial charge in [0.2, 0.25) is 0 Å². The van der Waals surface area contributed by atoms with E-state index in [2.05, 4.69) is 4.18 Å². The zero-order valence-corrected chi connectivity index (χ0v) is 17.5. The molecular formula is C16H25F3N2O7S. The van der Waals surface area contributed by atoms with Crippen molar-refractivity contribution >= 4 is 16.2 Å². The molecule has 0 aromatic heterocycles. The number of aliphatic hydroxyl groups excluding tert-OH is 1. The Balaban J connectivity index is 2.38. The second kappa shape index (κ2) is 7.84. The molecule has 2 rings (SSSR count). The van der Waals surface area contributed by atoms with E-state index in [9.17, 15) is 31.5 Å². The van der Waals surface area contributed by atoms with Crippen LogP contribution in [0.1, 0.15) is 34.1 Å². The van der Waals surface area contributed by atoms with Crippen molar-refractivity contribution in [1.29, 1.82) is 0 Å². The van der Waals surface area contributed by atoms with Gasteiger partial charge in [-0.2, -0.15) is 21.6 Å². The number of hydrogen-bond acceptors (Lipinski definition) is 8. The van der Waals surface area contributed by atoms with Crippen molar-refractivity contribution in [3.8, 4) is 0 Å². The molecule has 2 aliphatic heterocycles. The van der Waals surface area contributed by atoms with Gasteiger partial charge in [-0.3, -0.25) is 4.90 Å². The van der Waals surface area contributed by atoms with E-state index in [0.717, 1.165) is 0 Å². The van der Waals surface area contributed by atoms with Gasteiger partial charge in [0.1, 0.15) is 5.60 Å². The molecule has 0 aliphatic carbocycles. The van der Waals surface area contributed by atoms with Crippen LogP contribution in [0.15, 0.2) is 11.5 Å². The molecule has 2 aliphatic rings. The number of aliphatic hydroxyl groups is 1. The van der Waals surface area contributed by atoms with Crippen LogP contribution >= 0.6 is 0 Å². The highest BCUT2D eigenvalue weighted by atomic mass is 32.2. The molecule has 1 saturated heterocycles. The van der Waals surface area contributed by atoms with Gasteiger partial charge in [0.25, 0.3) is 0 Å². The Morgan fingerprint density at radius 1 is 1.24 bits per heavy atom. The molecule has 2 heterocycles. The van der Waals surface area contributed by atoms with E-state index < -0.39 is 51.5 Å². The summed E-state index contributed by atoms with van der Waals surface area (Å²) in [6, 6.07) is -1.37. The topological polar surface area (TPSA) is 106 Å². The number of hydrogen-bond donors (Lipinski definition) is 1. The third-order valence-electron chi connectivity index (χ3n) is 4.33. The van der Waals surface area contributed by atoms with E-state index in [1.54, 1.807) is 32.7 Å². The van der Waals surface area contributed by atoms with Crippen molar-refractivity contribution in [3.63, 3.8) is 0 Å². The number of nitrogens with zero attached hydrogens (tertiary/aromatic N) is 2. The first-order valence-electron chi connectivity index (χ1n) is 8.80. The van der Waals surface area contributed by atoms with Gasteiger partial charge in [0, 0.05) is 25.6 Å². The first kappa shape index (κ1) is 23.5. The maximum atomic E-state index is 12.8. The standard InChI is InChI=1S/C16H25F3N2O7S/c1-9(22)26-13-11-8-21(14(23)27-15(2,3)4)7-10(20(11)5)6-12(13)28-29(24,25)16(17,18)19/h9-11,22H,6-8H2,1-5H3. The van der Waals surface area contributed by atoms with Crippen LogP contribution in [0.2, 0.25) is 0 Å². The SMILES string of the molecule is CC(O)OC1=C(OS(=O)(=O)C(F)(F)F)CC2CN(C(=O)OC(C)(C)C)CC1N2C. The summed E-state index contributed by atoms with van der Waals surface area (Å²) in [5.41, 5.74) is -6.36. The lowest BCUT2D eigenvalue weighted by Gasteiger charge is -2.48. The lowest BCUT2D eigenvalue weighted by atomic mass is 9.95. The Morgan fingerprint density at radius 3 is 2.31 bits per heavy atom. The molecule has 168 valence electrons. The van der Waals surface area contributed by atoms with E-state index in [0.29, 0.717) is 0 Å². The van der Waals surface area contributed by atoms with Crippen LogP contribution in [0.4, 0.5) is 18.0 Å². The monoisotopic (exact) mass is 446 g/mol. The highest BCUT2D eigenvalue weighted by molar-refractivity contribution is 7.87. The van der Waals surface area contributed by atoms with E-state index in [1.807, 2.05) is 0 Å². The van der Waals surface area contributed by atoms with E-state index >= 15 is 0 Å². The highest BCUT2D eigenvalue weighted by Crippen LogP contribution is 2.37. The maximum Gasteiger partial charge on any atom is 0.534 e. The molecule has 0 saturated carbocycles. The molecule has 3 unspecified atom stereocenters. The molecule has 1 N–H and O–H groups in total. The minimum Gasteiger partial charge on any atom is -0.464 e. The van der Waals surface area contributed by atoms with E-state index in [-0.39, 0.29) is 25.3 Å². The van der Waals surface area contributed by atoms with Gasteiger partial charge in [0.05, 0.1) is 6.04 Å². The number of ether oxygens (including phenoxy) is 2. The zero-order chi connectivity index (χ0) is 22.4. The fraction of sp³-hybridized carbons (Fsp3) is 0.812. The van der Waals surface area contributed by atoms with Gasteiger partial charge in [-0.1, -0.05) is 0 Å². The lowest BCUT2D eigenvalue weighted by molar-refractivity contribution is -0.0881. The summed E-state index contributed by atoms with van der Waals surface area (Å²) >= 11 is 0. The Morgan fingerprint density at radius 2 is 1.83 bits per heavy atom. The quantitative estimate of drug-likeness (QED) is 0.396. The number of halogens is 3. The Bertz CT molecular complexity index is 774. The van der Waals surface area contributed by atoms with E-state index in [1.165, 1.54) is 11.8 Å². The van der Waals surface area contributed by atoms with Crippen molar-refractivity contribution in [2.24, 2.45) is 0 Å². The van der Waals surface area contributed by atoms with Crippen molar-refractivity contribution in [1.82, 2.24) is 9.80 Å². The average molecular weight is 446 g/mol. The Labute approximate surface area is 167 Å². The minimum absolute atomic E-state index is 0.0527. The maximum absolute atomic E-state index is 12.8. The summed E-state index contributed by atoms with van der Waals surface area (Å²) in [7, 11) is -4.26. The number of rotatable bonds is 4. The number of piperazine rings is 1. The number of alkyl halides is 3. The van der Waals surface area contributed by atoms with Gasteiger partial charge in [0.15, 0.2) is 17.8 Å². The molecular weight excluding hydrogens is 421 g/mol. The van der Waals surface area contributed by atoms with Crippen LogP contribution < -0.4 is 0 Å². The number of carbonyl (C=O) groups excluding carboxylic acids is 1. The summed E-state index contributed by atoms with van der Waals surface area (Å²) in [6.45, 7) is 6.32. The molecule has 0 spiro atoms. The first-order valence-corrected chi connectivity index (χ1v) is 10.2. The summed E-state index contributed by atoms with van der Waals surface area (Å²) in [5.74, 6) is -0.819. The largest absolute Gasteiger partial charge is 0.534 e. The molecule has 1 amide bonds. The van der Waals surface area contributed by atoms with Crippen LogP contribution in [-0.4, -0.2) is 79.0 Å². The molecule has 9 nitrogen and oxygen atoms in total. The summed E-state index contributed by atoms with van der Waals surface area (Å²) in [4.78, 5) is 15.5. The van der Waals surface area contributed by atoms with Crippen LogP contribution in [0, 0.1) is 0 Å². The summed E-state index contributed by atoms with van der Waals surface area (Å²) in [5, 5.41) is 9.58. The number of amides is 1. The van der Waals surface area contributed by atoms with Gasteiger partial charge in [-0.25, -0.2) is 4.79 Å². The molecule has 0 aromatic rings. The van der Waals surface area contributed by atoms with Crippen LogP contribution in [-0.2, 0) is 23.8 Å². The smallest absolute Gasteiger partial charge is 0.464 e. The van der Waals surface area contributed by atoms with Gasteiger partial charge < -0.3 is 23.7 Å². The van der Waals surface area contributed by atoms with Gasteiger partial charge >= 0.3 is 21.7 Å².